The number of amides is 1. The molecule has 2 rings (SSSR count). The van der Waals surface area contributed by atoms with Crippen molar-refractivity contribution in [1.29, 1.82) is 5.26 Å². The molecule has 7 nitrogen and oxygen atoms in total. The molecule has 1 N–H and O–H groups in total. The van der Waals surface area contributed by atoms with Gasteiger partial charge in [-0.25, -0.2) is 4.79 Å². The molecule has 0 fully saturated rings. The van der Waals surface area contributed by atoms with Gasteiger partial charge in [0.15, 0.2) is 18.1 Å². The number of rotatable bonds is 9. The molecule has 9 heteroatoms. The molecule has 0 bridgehead atoms. The summed E-state index contributed by atoms with van der Waals surface area (Å²) in [6.45, 7) is 3.68. The van der Waals surface area contributed by atoms with Crippen LogP contribution >= 0.6 is 27.5 Å². The van der Waals surface area contributed by atoms with E-state index in [4.69, 9.17) is 25.8 Å². The summed E-state index contributed by atoms with van der Waals surface area (Å²) in [4.78, 5) is 24.0. The third-order valence-corrected chi connectivity index (χ3v) is 4.56. The minimum atomic E-state index is -0.568. The number of hydrogen-bond donors (Lipinski definition) is 1. The second kappa shape index (κ2) is 12.0. The van der Waals surface area contributed by atoms with Crippen molar-refractivity contribution >= 4 is 51.2 Å². The van der Waals surface area contributed by atoms with Crippen molar-refractivity contribution in [2.45, 2.75) is 13.8 Å². The van der Waals surface area contributed by atoms with E-state index in [1.807, 2.05) is 6.07 Å². The van der Waals surface area contributed by atoms with Gasteiger partial charge in [-0.3, -0.25) is 4.79 Å². The SMILES string of the molecule is CCOC(=O)COc1c(Cl)cc(/C=C(\C#N)C(=O)Nc2ccc(Br)cc2)cc1OCC. The van der Waals surface area contributed by atoms with E-state index < -0.39 is 11.9 Å². The Morgan fingerprint density at radius 2 is 1.87 bits per heavy atom. The number of carbonyl (C=O) groups is 2. The summed E-state index contributed by atoms with van der Waals surface area (Å²) in [5.41, 5.74) is 0.881. The molecule has 0 aliphatic heterocycles. The quantitative estimate of drug-likeness (QED) is 0.292. The van der Waals surface area contributed by atoms with Crippen LogP contribution < -0.4 is 14.8 Å². The van der Waals surface area contributed by atoms with E-state index in [0.717, 1.165) is 4.47 Å². The number of halogens is 2. The van der Waals surface area contributed by atoms with Gasteiger partial charge in [0, 0.05) is 10.2 Å². The van der Waals surface area contributed by atoms with Gasteiger partial charge >= 0.3 is 5.97 Å². The first-order chi connectivity index (χ1) is 14.9. The van der Waals surface area contributed by atoms with Gasteiger partial charge in [0.05, 0.1) is 18.2 Å². The largest absolute Gasteiger partial charge is 0.490 e. The van der Waals surface area contributed by atoms with E-state index in [9.17, 15) is 14.9 Å². The maximum Gasteiger partial charge on any atom is 0.344 e. The summed E-state index contributed by atoms with van der Waals surface area (Å²) in [5, 5.41) is 12.3. The van der Waals surface area contributed by atoms with Crippen LogP contribution in [0.5, 0.6) is 11.5 Å². The number of nitriles is 1. The van der Waals surface area contributed by atoms with Crippen LogP contribution in [-0.4, -0.2) is 31.7 Å². The summed E-state index contributed by atoms with van der Waals surface area (Å²) < 4.78 is 16.7. The molecular weight excluding hydrogens is 488 g/mol. The average molecular weight is 508 g/mol. The fourth-order valence-electron chi connectivity index (χ4n) is 2.45. The number of benzene rings is 2. The van der Waals surface area contributed by atoms with Crippen molar-refractivity contribution in [3.8, 4) is 17.6 Å². The van der Waals surface area contributed by atoms with Crippen LogP contribution in [0.4, 0.5) is 5.69 Å². The summed E-state index contributed by atoms with van der Waals surface area (Å²) in [6, 6.07) is 11.9. The van der Waals surface area contributed by atoms with E-state index in [-0.39, 0.29) is 35.3 Å². The Hall–Kier alpha value is -3.02. The van der Waals surface area contributed by atoms with E-state index in [0.29, 0.717) is 17.9 Å². The third kappa shape index (κ3) is 7.31. The highest BCUT2D eigenvalue weighted by Crippen LogP contribution is 2.37. The summed E-state index contributed by atoms with van der Waals surface area (Å²) in [7, 11) is 0. The lowest BCUT2D eigenvalue weighted by atomic mass is 10.1. The Morgan fingerprint density at radius 3 is 2.48 bits per heavy atom. The van der Waals surface area contributed by atoms with Crippen LogP contribution in [0.2, 0.25) is 5.02 Å². The standard InChI is InChI=1S/C22H20BrClN2O5/c1-3-29-19-11-14(10-18(24)21(19)31-13-20(27)30-4-2)9-15(12-25)22(28)26-17-7-5-16(23)6-8-17/h5-11H,3-4,13H2,1-2H3,(H,26,28)/b15-9+. The number of carbonyl (C=O) groups excluding carboxylic acids is 2. The number of ether oxygens (including phenoxy) is 3. The van der Waals surface area contributed by atoms with Crippen molar-refractivity contribution in [1.82, 2.24) is 0 Å². The van der Waals surface area contributed by atoms with Gasteiger partial charge < -0.3 is 19.5 Å². The van der Waals surface area contributed by atoms with Gasteiger partial charge in [0.2, 0.25) is 0 Å². The molecule has 0 aromatic heterocycles. The highest BCUT2D eigenvalue weighted by atomic mass is 79.9. The lowest BCUT2D eigenvalue weighted by Crippen LogP contribution is -2.15. The third-order valence-electron chi connectivity index (χ3n) is 3.75. The minimum Gasteiger partial charge on any atom is -0.490 e. The first kappa shape index (κ1) is 24.3. The second-order valence-electron chi connectivity index (χ2n) is 5.99. The number of hydrogen-bond acceptors (Lipinski definition) is 6. The van der Waals surface area contributed by atoms with Crippen molar-refractivity contribution in [3.63, 3.8) is 0 Å². The predicted molar refractivity (Wildman–Crippen MR) is 121 cm³/mol. The van der Waals surface area contributed by atoms with Crippen molar-refractivity contribution < 1.29 is 23.8 Å². The van der Waals surface area contributed by atoms with Crippen LogP contribution in [0.25, 0.3) is 6.08 Å². The molecule has 2 aromatic carbocycles. The van der Waals surface area contributed by atoms with E-state index in [1.165, 1.54) is 12.1 Å². The first-order valence-corrected chi connectivity index (χ1v) is 10.5. The van der Waals surface area contributed by atoms with Crippen LogP contribution in [0.15, 0.2) is 46.4 Å². The smallest absolute Gasteiger partial charge is 0.344 e. The van der Waals surface area contributed by atoms with Crippen molar-refractivity contribution in [2.24, 2.45) is 0 Å². The predicted octanol–water partition coefficient (Wildman–Crippen LogP) is 4.99. The summed E-state index contributed by atoms with van der Waals surface area (Å²) in [6.07, 6.45) is 1.39. The first-order valence-electron chi connectivity index (χ1n) is 9.31. The molecule has 0 atom stereocenters. The molecule has 0 saturated carbocycles. The molecular formula is C22H20BrClN2O5. The topological polar surface area (TPSA) is 97.7 Å². The molecule has 0 spiro atoms. The van der Waals surface area contributed by atoms with Crippen molar-refractivity contribution in [2.75, 3.05) is 25.1 Å². The van der Waals surface area contributed by atoms with E-state index in [1.54, 1.807) is 44.2 Å². The van der Waals surface area contributed by atoms with Crippen LogP contribution in [0.1, 0.15) is 19.4 Å². The number of esters is 1. The summed E-state index contributed by atoms with van der Waals surface area (Å²) in [5.74, 6) is -0.661. The lowest BCUT2D eigenvalue weighted by Gasteiger charge is -2.14. The van der Waals surface area contributed by atoms with Crippen LogP contribution in [-0.2, 0) is 14.3 Å². The van der Waals surface area contributed by atoms with E-state index >= 15 is 0 Å². The fraction of sp³-hybridized carbons (Fsp3) is 0.227. The second-order valence-corrected chi connectivity index (χ2v) is 7.31. The zero-order chi connectivity index (χ0) is 22.8. The zero-order valence-corrected chi connectivity index (χ0v) is 19.2. The van der Waals surface area contributed by atoms with Gasteiger partial charge in [-0.1, -0.05) is 27.5 Å². The molecule has 2 aromatic rings. The molecule has 31 heavy (non-hydrogen) atoms. The maximum atomic E-state index is 12.5. The van der Waals surface area contributed by atoms with Gasteiger partial charge in [-0.05, 0) is 61.9 Å². The Morgan fingerprint density at radius 1 is 1.16 bits per heavy atom. The number of nitrogens with one attached hydrogen (secondary N) is 1. The fourth-order valence-corrected chi connectivity index (χ4v) is 2.99. The van der Waals surface area contributed by atoms with Gasteiger partial charge in [0.1, 0.15) is 11.6 Å². The minimum absolute atomic E-state index is 0.123. The van der Waals surface area contributed by atoms with Crippen LogP contribution in [0, 0.1) is 11.3 Å². The summed E-state index contributed by atoms with van der Waals surface area (Å²) >= 11 is 9.63. The maximum absolute atomic E-state index is 12.5. The van der Waals surface area contributed by atoms with Crippen LogP contribution in [0.3, 0.4) is 0 Å². The molecule has 0 aliphatic rings. The average Bonchev–Trinajstić information content (AvgIpc) is 2.73. The Kier molecular flexibility index (Phi) is 9.38. The lowest BCUT2D eigenvalue weighted by molar-refractivity contribution is -0.145. The highest BCUT2D eigenvalue weighted by Gasteiger charge is 2.16. The van der Waals surface area contributed by atoms with Crippen molar-refractivity contribution in [3.05, 3.63) is 57.0 Å². The molecule has 0 aliphatic carbocycles. The molecule has 0 saturated heterocycles. The Bertz CT molecular complexity index is 1020. The Balaban J connectivity index is 2.27. The molecule has 0 unspecified atom stereocenters. The normalized spacial score (nSPS) is 10.7. The Labute approximate surface area is 193 Å². The monoisotopic (exact) mass is 506 g/mol. The molecule has 1 amide bonds. The van der Waals surface area contributed by atoms with Gasteiger partial charge in [0.25, 0.3) is 5.91 Å². The molecule has 0 radical (unpaired) electrons. The van der Waals surface area contributed by atoms with E-state index in [2.05, 4.69) is 21.2 Å². The number of anilines is 1. The molecule has 162 valence electrons. The van der Waals surface area contributed by atoms with Gasteiger partial charge in [-0.15, -0.1) is 0 Å². The zero-order valence-electron chi connectivity index (χ0n) is 16.9. The van der Waals surface area contributed by atoms with Gasteiger partial charge in [-0.2, -0.15) is 5.26 Å². The molecule has 0 heterocycles. The highest BCUT2D eigenvalue weighted by molar-refractivity contribution is 9.10. The number of nitrogens with zero attached hydrogens (tertiary/aromatic N) is 1.